The molecule has 0 aliphatic carbocycles. The minimum Gasteiger partial charge on any atom is -0.437 e. The average Bonchev–Trinajstić information content (AvgIpc) is 2.35. The smallest absolute Gasteiger partial charge is 0.219 e. The maximum absolute atomic E-state index is 5.99. The standard InChI is InChI=1S/C12H8BrCl2NO/c13-6-8-1-4-12(16-7-8)17-11-5-9(14)2-3-10(11)15/h1-5,7H,6H2. The highest BCUT2D eigenvalue weighted by atomic mass is 79.9. The lowest BCUT2D eigenvalue weighted by molar-refractivity contribution is 0.463. The van der Waals surface area contributed by atoms with E-state index in [0.29, 0.717) is 21.7 Å². The Morgan fingerprint density at radius 2 is 2.00 bits per heavy atom. The average molecular weight is 333 g/mol. The molecule has 0 saturated carbocycles. The highest BCUT2D eigenvalue weighted by molar-refractivity contribution is 9.08. The van der Waals surface area contributed by atoms with Gasteiger partial charge in [-0.1, -0.05) is 45.2 Å². The van der Waals surface area contributed by atoms with E-state index in [4.69, 9.17) is 27.9 Å². The van der Waals surface area contributed by atoms with Crippen molar-refractivity contribution < 1.29 is 4.74 Å². The molecule has 2 aromatic rings. The van der Waals surface area contributed by atoms with Crippen LogP contribution in [0.4, 0.5) is 0 Å². The Morgan fingerprint density at radius 3 is 2.65 bits per heavy atom. The number of rotatable bonds is 3. The summed E-state index contributed by atoms with van der Waals surface area (Å²) in [6.45, 7) is 0. The second kappa shape index (κ2) is 5.71. The zero-order valence-electron chi connectivity index (χ0n) is 8.66. The van der Waals surface area contributed by atoms with Gasteiger partial charge in [-0.05, 0) is 17.7 Å². The molecule has 0 bridgehead atoms. The first kappa shape index (κ1) is 12.7. The van der Waals surface area contributed by atoms with Crippen LogP contribution in [-0.4, -0.2) is 4.98 Å². The van der Waals surface area contributed by atoms with Gasteiger partial charge < -0.3 is 4.74 Å². The molecule has 0 aliphatic heterocycles. The summed E-state index contributed by atoms with van der Waals surface area (Å²) in [6.07, 6.45) is 1.74. The molecule has 1 heterocycles. The first-order valence-corrected chi connectivity index (χ1v) is 6.70. The van der Waals surface area contributed by atoms with Gasteiger partial charge in [-0.3, -0.25) is 0 Å². The van der Waals surface area contributed by atoms with Crippen LogP contribution in [0.1, 0.15) is 5.56 Å². The number of aromatic nitrogens is 1. The van der Waals surface area contributed by atoms with Crippen molar-refractivity contribution in [2.24, 2.45) is 0 Å². The largest absolute Gasteiger partial charge is 0.437 e. The van der Waals surface area contributed by atoms with Crippen molar-refractivity contribution in [3.63, 3.8) is 0 Å². The lowest BCUT2D eigenvalue weighted by atomic mass is 10.3. The maximum atomic E-state index is 5.99. The minimum absolute atomic E-state index is 0.485. The molecule has 2 rings (SSSR count). The normalized spacial score (nSPS) is 10.3. The van der Waals surface area contributed by atoms with Crippen molar-refractivity contribution in [3.05, 3.63) is 52.1 Å². The van der Waals surface area contributed by atoms with Crippen LogP contribution >= 0.6 is 39.1 Å². The third kappa shape index (κ3) is 3.35. The van der Waals surface area contributed by atoms with E-state index in [1.54, 1.807) is 30.5 Å². The molecule has 0 N–H and O–H groups in total. The van der Waals surface area contributed by atoms with Crippen LogP contribution in [0.5, 0.6) is 11.6 Å². The lowest BCUT2D eigenvalue weighted by Crippen LogP contribution is -1.89. The van der Waals surface area contributed by atoms with E-state index in [-0.39, 0.29) is 0 Å². The van der Waals surface area contributed by atoms with Gasteiger partial charge in [0.1, 0.15) is 5.75 Å². The molecule has 17 heavy (non-hydrogen) atoms. The molecule has 0 atom stereocenters. The van der Waals surface area contributed by atoms with E-state index < -0.39 is 0 Å². The number of benzene rings is 1. The molecular formula is C12H8BrCl2NO. The van der Waals surface area contributed by atoms with Crippen molar-refractivity contribution in [2.45, 2.75) is 5.33 Å². The van der Waals surface area contributed by atoms with Gasteiger partial charge in [0.15, 0.2) is 0 Å². The van der Waals surface area contributed by atoms with Crippen LogP contribution in [0.15, 0.2) is 36.5 Å². The van der Waals surface area contributed by atoms with Gasteiger partial charge in [0.2, 0.25) is 5.88 Å². The number of pyridine rings is 1. The predicted octanol–water partition coefficient (Wildman–Crippen LogP) is 5.08. The number of alkyl halides is 1. The molecule has 0 spiro atoms. The van der Waals surface area contributed by atoms with E-state index in [9.17, 15) is 0 Å². The summed E-state index contributed by atoms with van der Waals surface area (Å²) in [5.74, 6) is 0.983. The van der Waals surface area contributed by atoms with Crippen LogP contribution in [0.2, 0.25) is 10.0 Å². The number of ether oxygens (including phenoxy) is 1. The monoisotopic (exact) mass is 331 g/mol. The molecular weight excluding hydrogens is 325 g/mol. The van der Waals surface area contributed by atoms with Gasteiger partial charge in [0, 0.05) is 28.7 Å². The summed E-state index contributed by atoms with van der Waals surface area (Å²) in [5, 5.41) is 1.83. The van der Waals surface area contributed by atoms with E-state index in [2.05, 4.69) is 20.9 Å². The number of nitrogens with zero attached hydrogens (tertiary/aromatic N) is 1. The van der Waals surface area contributed by atoms with Crippen LogP contribution < -0.4 is 4.74 Å². The first-order valence-electron chi connectivity index (χ1n) is 4.83. The molecule has 0 aliphatic rings. The van der Waals surface area contributed by atoms with Crippen molar-refractivity contribution in [1.82, 2.24) is 4.98 Å². The molecule has 0 amide bonds. The summed E-state index contributed by atoms with van der Waals surface area (Å²) in [5.41, 5.74) is 1.08. The zero-order valence-corrected chi connectivity index (χ0v) is 11.8. The SMILES string of the molecule is Clc1ccc(Cl)c(Oc2ccc(CBr)cn2)c1. The Balaban J connectivity index is 2.22. The van der Waals surface area contributed by atoms with Crippen LogP contribution in [0, 0.1) is 0 Å². The number of hydrogen-bond acceptors (Lipinski definition) is 2. The molecule has 88 valence electrons. The number of halogens is 3. The van der Waals surface area contributed by atoms with Crippen molar-refractivity contribution in [1.29, 1.82) is 0 Å². The maximum Gasteiger partial charge on any atom is 0.219 e. The fourth-order valence-electron chi connectivity index (χ4n) is 1.22. The molecule has 2 nitrogen and oxygen atoms in total. The Bertz CT molecular complexity index is 516. The molecule has 1 aromatic carbocycles. The van der Waals surface area contributed by atoms with Gasteiger partial charge in [-0.15, -0.1) is 0 Å². The van der Waals surface area contributed by atoms with E-state index >= 15 is 0 Å². The Morgan fingerprint density at radius 1 is 1.18 bits per heavy atom. The quantitative estimate of drug-likeness (QED) is 0.731. The molecule has 0 fully saturated rings. The van der Waals surface area contributed by atoms with Crippen LogP contribution in [-0.2, 0) is 5.33 Å². The lowest BCUT2D eigenvalue weighted by Gasteiger charge is -2.07. The van der Waals surface area contributed by atoms with E-state index in [1.807, 2.05) is 6.07 Å². The second-order valence-electron chi connectivity index (χ2n) is 3.32. The van der Waals surface area contributed by atoms with Crippen molar-refractivity contribution in [3.8, 4) is 11.6 Å². The Hall–Kier alpha value is -0.770. The van der Waals surface area contributed by atoms with Gasteiger partial charge in [0.05, 0.1) is 5.02 Å². The highest BCUT2D eigenvalue weighted by Crippen LogP contribution is 2.31. The third-order valence-corrected chi connectivity index (χ3v) is 3.25. The highest BCUT2D eigenvalue weighted by Gasteiger charge is 2.05. The fourth-order valence-corrected chi connectivity index (χ4v) is 1.87. The third-order valence-electron chi connectivity index (χ3n) is 2.06. The zero-order chi connectivity index (χ0) is 12.3. The fraction of sp³-hybridized carbons (Fsp3) is 0.0833. The molecule has 0 saturated heterocycles. The van der Waals surface area contributed by atoms with Gasteiger partial charge in [-0.25, -0.2) is 4.98 Å². The minimum atomic E-state index is 0.485. The van der Waals surface area contributed by atoms with Crippen LogP contribution in [0.25, 0.3) is 0 Å². The summed E-state index contributed by atoms with van der Waals surface area (Å²) < 4.78 is 5.55. The van der Waals surface area contributed by atoms with Crippen molar-refractivity contribution >= 4 is 39.1 Å². The topological polar surface area (TPSA) is 22.1 Å². The summed E-state index contributed by atoms with van der Waals surface area (Å²) >= 11 is 15.2. The Kier molecular flexibility index (Phi) is 4.26. The molecule has 5 heteroatoms. The van der Waals surface area contributed by atoms with E-state index in [0.717, 1.165) is 10.9 Å². The second-order valence-corrected chi connectivity index (χ2v) is 4.72. The number of hydrogen-bond donors (Lipinski definition) is 0. The molecule has 1 aromatic heterocycles. The molecule has 0 radical (unpaired) electrons. The summed E-state index contributed by atoms with van der Waals surface area (Å²) in [7, 11) is 0. The Labute approximate surface area is 118 Å². The first-order chi connectivity index (χ1) is 8.19. The van der Waals surface area contributed by atoms with Gasteiger partial charge >= 0.3 is 0 Å². The summed E-state index contributed by atoms with van der Waals surface area (Å²) in [6, 6.07) is 8.76. The summed E-state index contributed by atoms with van der Waals surface area (Å²) in [4.78, 5) is 4.16. The van der Waals surface area contributed by atoms with Crippen LogP contribution in [0.3, 0.4) is 0 Å². The van der Waals surface area contributed by atoms with Gasteiger partial charge in [0.25, 0.3) is 0 Å². The van der Waals surface area contributed by atoms with E-state index in [1.165, 1.54) is 0 Å². The molecule has 0 unspecified atom stereocenters. The van der Waals surface area contributed by atoms with Gasteiger partial charge in [-0.2, -0.15) is 0 Å². The predicted molar refractivity (Wildman–Crippen MR) is 73.4 cm³/mol. The van der Waals surface area contributed by atoms with Crippen molar-refractivity contribution in [2.75, 3.05) is 0 Å².